The lowest BCUT2D eigenvalue weighted by Gasteiger charge is -1.98. The Balaban J connectivity index is 2.13. The number of rotatable bonds is 3. The fourth-order valence-corrected chi connectivity index (χ4v) is 3.20. The van der Waals surface area contributed by atoms with E-state index in [0.29, 0.717) is 20.5 Å². The van der Waals surface area contributed by atoms with E-state index in [0.717, 1.165) is 0 Å². The summed E-state index contributed by atoms with van der Waals surface area (Å²) in [6.07, 6.45) is 0. The molecule has 0 radical (unpaired) electrons. The number of aromatic hydroxyl groups is 1. The van der Waals surface area contributed by atoms with Crippen molar-refractivity contribution < 1.29 is 15.0 Å². The van der Waals surface area contributed by atoms with Crippen molar-refractivity contribution >= 4 is 32.8 Å². The highest BCUT2D eigenvalue weighted by Crippen LogP contribution is 2.44. The molecule has 110 valence electrons. The van der Waals surface area contributed by atoms with E-state index in [9.17, 15) is 25.3 Å². The van der Waals surface area contributed by atoms with Gasteiger partial charge in [0.05, 0.1) is 14.7 Å². The van der Waals surface area contributed by atoms with E-state index in [-0.39, 0.29) is 17.1 Å². The molecule has 0 saturated carbocycles. The molecule has 1 N–H and O–H groups in total. The van der Waals surface area contributed by atoms with Gasteiger partial charge in [-0.2, -0.15) is 0 Å². The molecule has 0 bridgehead atoms. The van der Waals surface area contributed by atoms with Gasteiger partial charge in [0.1, 0.15) is 5.75 Å². The van der Waals surface area contributed by atoms with Gasteiger partial charge in [-0.1, -0.05) is 0 Å². The van der Waals surface area contributed by atoms with Gasteiger partial charge in [0.15, 0.2) is 0 Å². The number of nitro benzene ring substituents is 2. The zero-order chi connectivity index (χ0) is 15.9. The normalized spacial score (nSPS) is 10.7. The van der Waals surface area contributed by atoms with Crippen molar-refractivity contribution in [3.05, 3.63) is 62.7 Å². The molecule has 0 fully saturated rings. The Morgan fingerprint density at radius 1 is 0.909 bits per heavy atom. The van der Waals surface area contributed by atoms with Crippen LogP contribution < -0.4 is 0 Å². The highest BCUT2D eigenvalue weighted by atomic mass is 32.1. The van der Waals surface area contributed by atoms with Crippen LogP contribution in [0.1, 0.15) is 0 Å². The molecule has 0 atom stereocenters. The molecule has 7 nitrogen and oxygen atoms in total. The summed E-state index contributed by atoms with van der Waals surface area (Å²) in [4.78, 5) is 20.9. The highest BCUT2D eigenvalue weighted by molar-refractivity contribution is 7.22. The molecule has 3 aromatic rings. The number of non-ortho nitro benzene ring substituents is 2. The minimum Gasteiger partial charge on any atom is -0.506 e. The molecule has 0 aliphatic heterocycles. The topological polar surface area (TPSA) is 107 Å². The fraction of sp³-hybridized carbons (Fsp3) is 0. The lowest BCUT2D eigenvalue weighted by molar-refractivity contribution is -0.385. The Kier molecular flexibility index (Phi) is 3.22. The second-order valence-electron chi connectivity index (χ2n) is 4.52. The summed E-state index contributed by atoms with van der Waals surface area (Å²) in [5.41, 5.74) is 0.475. The maximum Gasteiger partial charge on any atom is 0.270 e. The summed E-state index contributed by atoms with van der Waals surface area (Å²) in [6, 6.07) is 10.0. The molecular formula is C14H8N2O5S. The van der Waals surface area contributed by atoms with Crippen LogP contribution in [0.15, 0.2) is 42.5 Å². The summed E-state index contributed by atoms with van der Waals surface area (Å²) in [7, 11) is 0. The molecule has 0 aliphatic rings. The zero-order valence-corrected chi connectivity index (χ0v) is 11.7. The van der Waals surface area contributed by atoms with Crippen molar-refractivity contribution in [1.29, 1.82) is 0 Å². The monoisotopic (exact) mass is 316 g/mol. The van der Waals surface area contributed by atoms with Crippen molar-refractivity contribution in [1.82, 2.24) is 0 Å². The maximum absolute atomic E-state index is 10.8. The van der Waals surface area contributed by atoms with E-state index in [1.165, 1.54) is 47.7 Å². The first kappa shape index (κ1) is 14.0. The van der Waals surface area contributed by atoms with E-state index < -0.39 is 9.85 Å². The molecule has 0 saturated heterocycles. The first-order valence-corrected chi connectivity index (χ1v) is 6.94. The summed E-state index contributed by atoms with van der Waals surface area (Å²) < 4.78 is 0.705. The Morgan fingerprint density at radius 2 is 1.50 bits per heavy atom. The largest absolute Gasteiger partial charge is 0.506 e. The maximum atomic E-state index is 10.8. The third-order valence-electron chi connectivity index (χ3n) is 3.20. The first-order valence-electron chi connectivity index (χ1n) is 6.12. The number of benzene rings is 2. The van der Waals surface area contributed by atoms with Gasteiger partial charge in [0.25, 0.3) is 11.4 Å². The van der Waals surface area contributed by atoms with Crippen LogP contribution >= 0.6 is 11.3 Å². The first-order chi connectivity index (χ1) is 10.5. The lowest BCUT2D eigenvalue weighted by atomic mass is 10.1. The second-order valence-corrected chi connectivity index (χ2v) is 5.57. The van der Waals surface area contributed by atoms with Gasteiger partial charge in [-0.25, -0.2) is 0 Å². The predicted octanol–water partition coefficient (Wildman–Crippen LogP) is 4.09. The van der Waals surface area contributed by atoms with Gasteiger partial charge in [-0.15, -0.1) is 11.3 Å². The molecule has 22 heavy (non-hydrogen) atoms. The van der Waals surface area contributed by atoms with Crippen LogP contribution in [0.5, 0.6) is 5.75 Å². The van der Waals surface area contributed by atoms with E-state index >= 15 is 0 Å². The summed E-state index contributed by atoms with van der Waals surface area (Å²) >= 11 is 1.27. The molecule has 0 unspecified atom stereocenters. The van der Waals surface area contributed by atoms with Crippen LogP contribution in [0, 0.1) is 20.2 Å². The van der Waals surface area contributed by atoms with Crippen molar-refractivity contribution in [3.8, 4) is 16.2 Å². The van der Waals surface area contributed by atoms with Crippen LogP contribution in [0.25, 0.3) is 20.5 Å². The molecular weight excluding hydrogens is 308 g/mol. The van der Waals surface area contributed by atoms with E-state index in [4.69, 9.17) is 0 Å². The molecule has 8 heteroatoms. The summed E-state index contributed by atoms with van der Waals surface area (Å²) in [5, 5.41) is 32.1. The van der Waals surface area contributed by atoms with Crippen LogP contribution in [0.3, 0.4) is 0 Å². The molecule has 0 spiro atoms. The average molecular weight is 316 g/mol. The quantitative estimate of drug-likeness (QED) is 0.578. The number of hydrogen-bond acceptors (Lipinski definition) is 6. The summed E-state index contributed by atoms with van der Waals surface area (Å²) in [6.45, 7) is 0. The van der Waals surface area contributed by atoms with Gasteiger partial charge in [0.2, 0.25) is 0 Å². The number of nitro groups is 2. The van der Waals surface area contributed by atoms with E-state index in [1.54, 1.807) is 6.07 Å². The standard InChI is InChI=1S/C14H8N2O5S/c17-13-11-7-10(16(20)21)5-6-12(11)22-14(13)8-1-3-9(4-2-8)15(18)19/h1-7,17H. The Labute approximate surface area is 127 Å². The van der Waals surface area contributed by atoms with E-state index in [2.05, 4.69) is 0 Å². The second kappa shape index (κ2) is 5.08. The van der Waals surface area contributed by atoms with Crippen LogP contribution in [0.2, 0.25) is 0 Å². The zero-order valence-electron chi connectivity index (χ0n) is 10.9. The molecule has 1 heterocycles. The summed E-state index contributed by atoms with van der Waals surface area (Å²) in [5.74, 6) is -0.0578. The highest BCUT2D eigenvalue weighted by Gasteiger charge is 2.17. The number of fused-ring (bicyclic) bond motifs is 1. The molecule has 3 rings (SSSR count). The molecule has 0 amide bonds. The Morgan fingerprint density at radius 3 is 2.09 bits per heavy atom. The molecule has 2 aromatic carbocycles. The molecule has 1 aromatic heterocycles. The fourth-order valence-electron chi connectivity index (χ4n) is 2.12. The van der Waals surface area contributed by atoms with Gasteiger partial charge in [-0.05, 0) is 23.8 Å². The third-order valence-corrected chi connectivity index (χ3v) is 4.41. The van der Waals surface area contributed by atoms with Crippen LogP contribution in [0.4, 0.5) is 11.4 Å². The number of hydrogen-bond donors (Lipinski definition) is 1. The third kappa shape index (κ3) is 2.25. The van der Waals surface area contributed by atoms with Crippen molar-refractivity contribution in [2.75, 3.05) is 0 Å². The van der Waals surface area contributed by atoms with Gasteiger partial charge in [-0.3, -0.25) is 20.2 Å². The van der Waals surface area contributed by atoms with Crippen molar-refractivity contribution in [2.45, 2.75) is 0 Å². The lowest BCUT2D eigenvalue weighted by Crippen LogP contribution is -1.86. The van der Waals surface area contributed by atoms with Gasteiger partial charge >= 0.3 is 0 Å². The Hall–Kier alpha value is -3.00. The van der Waals surface area contributed by atoms with E-state index in [1.807, 2.05) is 0 Å². The van der Waals surface area contributed by atoms with Gasteiger partial charge < -0.3 is 5.11 Å². The SMILES string of the molecule is O=[N+]([O-])c1ccc(-c2sc3ccc([N+](=O)[O-])cc3c2O)cc1. The Bertz CT molecular complexity index is 901. The smallest absolute Gasteiger partial charge is 0.270 e. The molecule has 0 aliphatic carbocycles. The van der Waals surface area contributed by atoms with Crippen molar-refractivity contribution in [3.63, 3.8) is 0 Å². The van der Waals surface area contributed by atoms with Gasteiger partial charge in [0, 0.05) is 34.4 Å². The number of thiophene rings is 1. The number of nitrogens with zero attached hydrogens (tertiary/aromatic N) is 2. The van der Waals surface area contributed by atoms with Crippen LogP contribution in [-0.2, 0) is 0 Å². The van der Waals surface area contributed by atoms with Crippen LogP contribution in [-0.4, -0.2) is 15.0 Å². The minimum absolute atomic E-state index is 0.0417. The minimum atomic E-state index is -0.526. The van der Waals surface area contributed by atoms with Crippen molar-refractivity contribution in [2.24, 2.45) is 0 Å². The average Bonchev–Trinajstić information content (AvgIpc) is 2.84. The predicted molar refractivity (Wildman–Crippen MR) is 82.2 cm³/mol.